The van der Waals surface area contributed by atoms with E-state index in [9.17, 15) is 29.4 Å². The third-order valence-corrected chi connectivity index (χ3v) is 9.34. The van der Waals surface area contributed by atoms with Crippen molar-refractivity contribution in [2.75, 3.05) is 10.6 Å². The van der Waals surface area contributed by atoms with Gasteiger partial charge in [-0.2, -0.15) is 0 Å². The second-order valence-electron chi connectivity index (χ2n) is 13.6. The van der Waals surface area contributed by atoms with Crippen molar-refractivity contribution in [3.63, 3.8) is 0 Å². The van der Waals surface area contributed by atoms with Gasteiger partial charge in [-0.05, 0) is 99.4 Å². The molecule has 8 aromatic carbocycles. The molecular weight excluding hydrogens is 780 g/mol. The number of fused-ring (bicyclic) bond motifs is 2. The molecule has 0 aliphatic heterocycles. The molecule has 61 heavy (non-hydrogen) atoms. The van der Waals surface area contributed by atoms with Crippen LogP contribution in [-0.4, -0.2) is 28.9 Å². The molecular formula is C50H37N2NaO8. The number of carbonyl (C=O) groups is 4. The Morgan fingerprint density at radius 2 is 0.803 bits per heavy atom. The van der Waals surface area contributed by atoms with Gasteiger partial charge in [0.1, 0.15) is 23.0 Å². The first kappa shape index (κ1) is 43.3. The smallest absolute Gasteiger partial charge is 0.545 e. The van der Waals surface area contributed by atoms with Crippen molar-refractivity contribution in [2.45, 2.75) is 12.8 Å². The van der Waals surface area contributed by atoms with Crippen molar-refractivity contribution in [1.29, 1.82) is 0 Å². The molecule has 8 rings (SSSR count). The zero-order valence-corrected chi connectivity index (χ0v) is 35.0. The van der Waals surface area contributed by atoms with E-state index < -0.39 is 11.9 Å². The normalized spacial score (nSPS) is 10.4. The number of hydrogen-bond acceptors (Lipinski definition) is 7. The average molecular weight is 817 g/mol. The summed E-state index contributed by atoms with van der Waals surface area (Å²) >= 11 is 0. The van der Waals surface area contributed by atoms with Crippen LogP contribution >= 0.6 is 0 Å². The molecule has 0 aliphatic rings. The minimum Gasteiger partial charge on any atom is -0.545 e. The van der Waals surface area contributed by atoms with Crippen molar-refractivity contribution >= 4 is 56.7 Å². The number of carbonyl (C=O) groups excluding carboxylic acids is 3. The van der Waals surface area contributed by atoms with Gasteiger partial charge in [-0.3, -0.25) is 9.59 Å². The van der Waals surface area contributed by atoms with Crippen LogP contribution in [0.1, 0.15) is 31.8 Å². The molecule has 0 unspecified atom stereocenters. The van der Waals surface area contributed by atoms with E-state index >= 15 is 0 Å². The van der Waals surface area contributed by atoms with Gasteiger partial charge in [-0.15, -0.1) is 0 Å². The van der Waals surface area contributed by atoms with Gasteiger partial charge in [-0.1, -0.05) is 115 Å². The SMILES string of the molecule is O=C(Cc1ccc(Oc2ccc3ccccc3c2)cc1)Nc1ccccc1C(=O)O.O=C(Cc1ccc(Oc2ccc3ccccc3c2)cc1)Nc1ccccc1C(=O)[O-].[Na+]. The predicted molar refractivity (Wildman–Crippen MR) is 230 cm³/mol. The predicted octanol–water partition coefficient (Wildman–Crippen LogP) is 6.69. The zero-order chi connectivity index (χ0) is 41.8. The van der Waals surface area contributed by atoms with Gasteiger partial charge < -0.3 is 35.1 Å². The number of benzene rings is 8. The van der Waals surface area contributed by atoms with Crippen LogP contribution in [0.25, 0.3) is 21.5 Å². The van der Waals surface area contributed by atoms with Gasteiger partial charge in [0.05, 0.1) is 30.1 Å². The van der Waals surface area contributed by atoms with Crippen molar-refractivity contribution < 1.29 is 68.4 Å². The van der Waals surface area contributed by atoms with Crippen LogP contribution in [0.2, 0.25) is 0 Å². The zero-order valence-electron chi connectivity index (χ0n) is 33.0. The Kier molecular flexibility index (Phi) is 14.7. The number of ether oxygens (including phenoxy) is 2. The summed E-state index contributed by atoms with van der Waals surface area (Å²) in [5.74, 6) is -0.203. The minimum absolute atomic E-state index is 0. The maximum atomic E-state index is 12.3. The molecule has 0 saturated heterocycles. The summed E-state index contributed by atoms with van der Waals surface area (Å²) in [6, 6.07) is 54.9. The van der Waals surface area contributed by atoms with Crippen LogP contribution < -0.4 is 54.8 Å². The fraction of sp³-hybridized carbons (Fsp3) is 0.0400. The average Bonchev–Trinajstić information content (AvgIpc) is 3.25. The quantitative estimate of drug-likeness (QED) is 0.115. The minimum atomic E-state index is -1.33. The van der Waals surface area contributed by atoms with E-state index in [1.165, 1.54) is 18.2 Å². The Morgan fingerprint density at radius 1 is 0.443 bits per heavy atom. The molecule has 0 spiro atoms. The Morgan fingerprint density at radius 3 is 1.23 bits per heavy atom. The van der Waals surface area contributed by atoms with Gasteiger partial charge in [0.15, 0.2) is 0 Å². The second kappa shape index (κ2) is 20.6. The Balaban J connectivity index is 0.000000201. The number of anilines is 2. The van der Waals surface area contributed by atoms with Gasteiger partial charge in [-0.25, -0.2) is 4.79 Å². The molecule has 0 aromatic heterocycles. The summed E-state index contributed by atoms with van der Waals surface area (Å²) in [5, 5.41) is 30.1. The number of carboxylic acid groups (broad SMARTS) is 2. The number of rotatable bonds is 12. The fourth-order valence-electron chi connectivity index (χ4n) is 6.39. The van der Waals surface area contributed by atoms with E-state index in [4.69, 9.17) is 9.47 Å². The molecule has 0 aliphatic carbocycles. The third-order valence-electron chi connectivity index (χ3n) is 9.34. The first-order valence-electron chi connectivity index (χ1n) is 18.9. The van der Waals surface area contributed by atoms with Crippen LogP contribution in [0.15, 0.2) is 182 Å². The summed E-state index contributed by atoms with van der Waals surface area (Å²) in [7, 11) is 0. The van der Waals surface area contributed by atoms with E-state index in [1.807, 2.05) is 109 Å². The second-order valence-corrected chi connectivity index (χ2v) is 13.6. The van der Waals surface area contributed by atoms with Crippen molar-refractivity contribution in [1.82, 2.24) is 0 Å². The maximum absolute atomic E-state index is 12.3. The first-order chi connectivity index (χ1) is 29.2. The van der Waals surface area contributed by atoms with Crippen LogP contribution in [-0.2, 0) is 22.4 Å². The number of amides is 2. The summed E-state index contributed by atoms with van der Waals surface area (Å²) in [6.45, 7) is 0. The molecule has 0 radical (unpaired) electrons. The topological polar surface area (TPSA) is 154 Å². The van der Waals surface area contributed by atoms with Crippen molar-refractivity contribution in [3.05, 3.63) is 204 Å². The number of aromatic carboxylic acids is 2. The molecule has 0 saturated carbocycles. The van der Waals surface area contributed by atoms with Crippen LogP contribution in [0, 0.1) is 0 Å². The molecule has 2 amide bonds. The summed E-state index contributed by atoms with van der Waals surface area (Å²) in [4.78, 5) is 47.0. The number of carboxylic acids is 2. The fourth-order valence-corrected chi connectivity index (χ4v) is 6.39. The van der Waals surface area contributed by atoms with Gasteiger partial charge in [0.2, 0.25) is 11.8 Å². The molecule has 0 heterocycles. The monoisotopic (exact) mass is 816 g/mol. The van der Waals surface area contributed by atoms with E-state index in [-0.39, 0.29) is 76.7 Å². The van der Waals surface area contributed by atoms with E-state index in [0.717, 1.165) is 44.2 Å². The van der Waals surface area contributed by atoms with E-state index in [1.54, 1.807) is 54.6 Å². The first-order valence-corrected chi connectivity index (χ1v) is 18.9. The standard InChI is InChI=1S/2C25H19NO4.Na/c2*27-24(26-23-8-4-3-7-22(23)25(28)29)15-17-9-12-20(13-10-17)30-21-14-11-18-5-1-2-6-19(18)16-21;/h2*1-14,16H,15H2,(H,26,27)(H,28,29);/q;;+1/p-1. The van der Waals surface area contributed by atoms with Gasteiger partial charge in [0.25, 0.3) is 0 Å². The summed E-state index contributed by atoms with van der Waals surface area (Å²) < 4.78 is 11.8. The van der Waals surface area contributed by atoms with Crippen LogP contribution in [0.4, 0.5) is 11.4 Å². The number of hydrogen-bond donors (Lipinski definition) is 3. The van der Waals surface area contributed by atoms with Crippen LogP contribution in [0.3, 0.4) is 0 Å². The molecule has 0 bridgehead atoms. The van der Waals surface area contributed by atoms with E-state index in [0.29, 0.717) is 11.5 Å². The summed E-state index contributed by atoms with van der Waals surface area (Å²) in [6.07, 6.45) is 0.238. The molecule has 3 N–H and O–H groups in total. The maximum Gasteiger partial charge on any atom is 1.00 e. The Bertz CT molecular complexity index is 2630. The van der Waals surface area contributed by atoms with Crippen molar-refractivity contribution in [3.8, 4) is 23.0 Å². The van der Waals surface area contributed by atoms with Gasteiger partial charge >= 0.3 is 35.5 Å². The molecule has 10 nitrogen and oxygen atoms in total. The number of para-hydroxylation sites is 2. The summed E-state index contributed by atoms with van der Waals surface area (Å²) in [5.41, 5.74) is 2.09. The van der Waals surface area contributed by atoms with E-state index in [2.05, 4.69) is 10.6 Å². The molecule has 0 atom stereocenters. The van der Waals surface area contributed by atoms with Crippen LogP contribution in [0.5, 0.6) is 23.0 Å². The Hall–Kier alpha value is -7.24. The van der Waals surface area contributed by atoms with Crippen molar-refractivity contribution in [2.24, 2.45) is 0 Å². The third kappa shape index (κ3) is 11.9. The molecule has 11 heteroatoms. The largest absolute Gasteiger partial charge is 1.00 e. The molecule has 0 fully saturated rings. The molecule has 8 aromatic rings. The van der Waals surface area contributed by atoms with Gasteiger partial charge in [0, 0.05) is 11.3 Å². The Labute approximate surface area is 373 Å². The molecule has 296 valence electrons. The number of nitrogens with one attached hydrogen (secondary N) is 2.